The second kappa shape index (κ2) is 8.28. The van der Waals surface area contributed by atoms with Gasteiger partial charge in [-0.3, -0.25) is 19.8 Å². The Morgan fingerprint density at radius 3 is 2.71 bits per heavy atom. The molecule has 0 radical (unpaired) electrons. The molecule has 2 aromatic rings. The molecule has 1 fully saturated rings. The monoisotopic (exact) mass is 400 g/mol. The highest BCUT2D eigenvalue weighted by atomic mass is 32.1. The second-order valence-electron chi connectivity index (χ2n) is 7.38. The van der Waals surface area contributed by atoms with E-state index in [-0.39, 0.29) is 11.6 Å². The van der Waals surface area contributed by atoms with Crippen molar-refractivity contribution in [3.63, 3.8) is 0 Å². The zero-order valence-electron chi connectivity index (χ0n) is 15.6. The molecule has 2 N–H and O–H groups in total. The molecule has 0 saturated heterocycles. The maximum Gasteiger partial charge on any atom is 0.269 e. The molecular formula is C20H24N4O3S. The SMILES string of the molecule is O=C(CN1CCc2sccc2[C@H]1C1CC1)NCCNc1ccc([N+](=O)[O-])cc1. The Labute approximate surface area is 167 Å². The number of hydrogen-bond donors (Lipinski definition) is 2. The largest absolute Gasteiger partial charge is 0.383 e. The third-order valence-electron chi connectivity index (χ3n) is 5.39. The summed E-state index contributed by atoms with van der Waals surface area (Å²) in [5, 5.41) is 19.0. The summed E-state index contributed by atoms with van der Waals surface area (Å²) in [6, 6.07) is 8.92. The van der Waals surface area contributed by atoms with E-state index in [0.717, 1.165) is 18.7 Å². The van der Waals surface area contributed by atoms with Crippen LogP contribution in [0, 0.1) is 16.0 Å². The zero-order chi connectivity index (χ0) is 19.5. The molecule has 0 bridgehead atoms. The van der Waals surface area contributed by atoms with Gasteiger partial charge in [0.1, 0.15) is 0 Å². The maximum atomic E-state index is 12.4. The Balaban J connectivity index is 1.23. The van der Waals surface area contributed by atoms with Crippen LogP contribution in [0.2, 0.25) is 0 Å². The highest BCUT2D eigenvalue weighted by Gasteiger charge is 2.40. The topological polar surface area (TPSA) is 87.5 Å². The van der Waals surface area contributed by atoms with Gasteiger partial charge in [-0.1, -0.05) is 0 Å². The molecule has 0 spiro atoms. The van der Waals surface area contributed by atoms with Crippen LogP contribution in [0.4, 0.5) is 11.4 Å². The Kier molecular flexibility index (Phi) is 5.59. The summed E-state index contributed by atoms with van der Waals surface area (Å²) in [6.45, 7) is 2.48. The summed E-state index contributed by atoms with van der Waals surface area (Å²) >= 11 is 1.84. The molecule has 1 aliphatic carbocycles. The van der Waals surface area contributed by atoms with Crippen LogP contribution in [-0.4, -0.2) is 41.9 Å². The first kappa shape index (κ1) is 18.9. The van der Waals surface area contributed by atoms with Gasteiger partial charge in [0.05, 0.1) is 11.5 Å². The number of anilines is 1. The van der Waals surface area contributed by atoms with Gasteiger partial charge in [0.2, 0.25) is 5.91 Å². The third-order valence-corrected chi connectivity index (χ3v) is 6.38. The quantitative estimate of drug-likeness (QED) is 0.404. The van der Waals surface area contributed by atoms with Crippen LogP contribution in [0.1, 0.15) is 29.3 Å². The van der Waals surface area contributed by atoms with Crippen LogP contribution in [-0.2, 0) is 11.2 Å². The number of fused-ring (bicyclic) bond motifs is 1. The van der Waals surface area contributed by atoms with Crippen molar-refractivity contribution in [2.24, 2.45) is 5.92 Å². The highest BCUT2D eigenvalue weighted by molar-refractivity contribution is 7.10. The van der Waals surface area contributed by atoms with Crippen LogP contribution in [0.3, 0.4) is 0 Å². The molecule has 1 amide bonds. The first-order chi connectivity index (χ1) is 13.6. The van der Waals surface area contributed by atoms with Gasteiger partial charge in [-0.05, 0) is 54.3 Å². The van der Waals surface area contributed by atoms with E-state index in [4.69, 9.17) is 0 Å². The van der Waals surface area contributed by atoms with Crippen LogP contribution >= 0.6 is 11.3 Å². The predicted molar refractivity (Wildman–Crippen MR) is 110 cm³/mol. The standard InChI is InChI=1S/C20H24N4O3S/c25-19(22-10-9-21-15-3-5-16(6-4-15)24(26)27)13-23-11-7-18-17(8-12-28-18)20(23)14-1-2-14/h3-6,8,12,14,20-21H,1-2,7,9-11,13H2,(H,22,25)/t20-/m1/s1. The highest BCUT2D eigenvalue weighted by Crippen LogP contribution is 2.48. The Morgan fingerprint density at radius 2 is 2.00 bits per heavy atom. The van der Waals surface area contributed by atoms with Crippen molar-refractivity contribution in [2.45, 2.75) is 25.3 Å². The summed E-state index contributed by atoms with van der Waals surface area (Å²) < 4.78 is 0. The minimum absolute atomic E-state index is 0.0508. The minimum atomic E-state index is -0.418. The first-order valence-electron chi connectivity index (χ1n) is 9.67. The molecule has 2 heterocycles. The van der Waals surface area contributed by atoms with Crippen molar-refractivity contribution in [2.75, 3.05) is 31.5 Å². The number of carbonyl (C=O) groups excluding carboxylic acids is 1. The van der Waals surface area contributed by atoms with Gasteiger partial charge < -0.3 is 10.6 Å². The van der Waals surface area contributed by atoms with Gasteiger partial charge in [-0.25, -0.2) is 0 Å². The fraction of sp³-hybridized carbons (Fsp3) is 0.450. The number of benzene rings is 1. The number of nitrogens with zero attached hydrogens (tertiary/aromatic N) is 2. The molecule has 148 valence electrons. The summed E-state index contributed by atoms with van der Waals surface area (Å²) in [5.74, 6) is 0.750. The number of nitro benzene ring substituents is 1. The maximum absolute atomic E-state index is 12.4. The minimum Gasteiger partial charge on any atom is -0.383 e. The van der Waals surface area contributed by atoms with Gasteiger partial charge in [-0.2, -0.15) is 0 Å². The van der Waals surface area contributed by atoms with Crippen molar-refractivity contribution in [3.8, 4) is 0 Å². The normalized spacial score (nSPS) is 19.1. The molecule has 1 aromatic carbocycles. The van der Waals surface area contributed by atoms with Gasteiger partial charge >= 0.3 is 0 Å². The fourth-order valence-corrected chi connectivity index (χ4v) is 4.80. The predicted octanol–water partition coefficient (Wildman–Crippen LogP) is 3.19. The van der Waals surface area contributed by atoms with Gasteiger partial charge in [0, 0.05) is 48.4 Å². The molecule has 28 heavy (non-hydrogen) atoms. The Bertz CT molecular complexity index is 847. The number of non-ortho nitro benzene ring substituents is 1. The molecule has 7 nitrogen and oxygen atoms in total. The van der Waals surface area contributed by atoms with Crippen molar-refractivity contribution in [1.82, 2.24) is 10.2 Å². The third kappa shape index (κ3) is 4.34. The van der Waals surface area contributed by atoms with E-state index in [0.29, 0.717) is 31.6 Å². The summed E-state index contributed by atoms with van der Waals surface area (Å²) in [5.41, 5.74) is 2.31. The lowest BCUT2D eigenvalue weighted by Crippen LogP contribution is -2.43. The molecule has 0 unspecified atom stereocenters. The number of nitrogens with one attached hydrogen (secondary N) is 2. The van der Waals surface area contributed by atoms with Crippen molar-refractivity contribution in [3.05, 3.63) is 56.3 Å². The first-order valence-corrected chi connectivity index (χ1v) is 10.5. The summed E-state index contributed by atoms with van der Waals surface area (Å²) in [6.07, 6.45) is 3.56. The van der Waals surface area contributed by atoms with E-state index in [2.05, 4.69) is 27.0 Å². The smallest absolute Gasteiger partial charge is 0.269 e. The van der Waals surface area contributed by atoms with E-state index in [1.54, 1.807) is 12.1 Å². The number of thiophene rings is 1. The van der Waals surface area contributed by atoms with Gasteiger partial charge in [-0.15, -0.1) is 11.3 Å². The van der Waals surface area contributed by atoms with Crippen molar-refractivity contribution >= 4 is 28.6 Å². The Hall–Kier alpha value is -2.45. The molecular weight excluding hydrogens is 376 g/mol. The molecule has 1 atom stereocenters. The number of rotatable bonds is 8. The molecule has 1 saturated carbocycles. The van der Waals surface area contributed by atoms with E-state index < -0.39 is 4.92 Å². The van der Waals surface area contributed by atoms with Crippen molar-refractivity contribution in [1.29, 1.82) is 0 Å². The average molecular weight is 401 g/mol. The summed E-state index contributed by atoms with van der Waals surface area (Å²) in [4.78, 5) is 26.5. The number of carbonyl (C=O) groups is 1. The van der Waals surface area contributed by atoms with Crippen LogP contribution < -0.4 is 10.6 Å². The lowest BCUT2D eigenvalue weighted by atomic mass is 9.96. The van der Waals surface area contributed by atoms with E-state index in [9.17, 15) is 14.9 Å². The average Bonchev–Trinajstić information content (AvgIpc) is 3.41. The molecule has 1 aliphatic heterocycles. The van der Waals surface area contributed by atoms with E-state index in [1.165, 1.54) is 35.4 Å². The van der Waals surface area contributed by atoms with E-state index in [1.807, 2.05) is 11.3 Å². The zero-order valence-corrected chi connectivity index (χ0v) is 16.4. The number of amides is 1. The lowest BCUT2D eigenvalue weighted by Gasteiger charge is -2.35. The number of hydrogen-bond acceptors (Lipinski definition) is 6. The molecule has 1 aromatic heterocycles. The number of nitro groups is 1. The van der Waals surface area contributed by atoms with Gasteiger partial charge in [0.25, 0.3) is 5.69 Å². The molecule has 4 rings (SSSR count). The van der Waals surface area contributed by atoms with Crippen LogP contribution in [0.5, 0.6) is 0 Å². The van der Waals surface area contributed by atoms with Crippen LogP contribution in [0.25, 0.3) is 0 Å². The molecule has 8 heteroatoms. The van der Waals surface area contributed by atoms with Crippen molar-refractivity contribution < 1.29 is 9.72 Å². The van der Waals surface area contributed by atoms with Gasteiger partial charge in [0.15, 0.2) is 0 Å². The molecule has 2 aliphatic rings. The second-order valence-corrected chi connectivity index (χ2v) is 8.38. The Morgan fingerprint density at radius 1 is 1.21 bits per heavy atom. The lowest BCUT2D eigenvalue weighted by molar-refractivity contribution is -0.384. The summed E-state index contributed by atoms with van der Waals surface area (Å²) in [7, 11) is 0. The van der Waals surface area contributed by atoms with Crippen LogP contribution in [0.15, 0.2) is 35.7 Å². The van der Waals surface area contributed by atoms with E-state index >= 15 is 0 Å². The fourth-order valence-electron chi connectivity index (χ4n) is 3.89.